The summed E-state index contributed by atoms with van der Waals surface area (Å²) in [5.41, 5.74) is 1.49. The Bertz CT molecular complexity index is 962. The van der Waals surface area contributed by atoms with E-state index in [-0.39, 0.29) is 29.6 Å². The summed E-state index contributed by atoms with van der Waals surface area (Å²) in [6, 6.07) is 7.44. The van der Waals surface area contributed by atoms with Gasteiger partial charge in [0.1, 0.15) is 12.3 Å². The van der Waals surface area contributed by atoms with Crippen molar-refractivity contribution in [1.82, 2.24) is 15.3 Å². The number of hydrogen-bond acceptors (Lipinski definition) is 6. The zero-order valence-electron chi connectivity index (χ0n) is 13.5. The van der Waals surface area contributed by atoms with Crippen LogP contribution in [0.5, 0.6) is 0 Å². The molecule has 0 aliphatic heterocycles. The van der Waals surface area contributed by atoms with Crippen LogP contribution in [0.4, 0.5) is 0 Å². The number of carbonyl (C=O) groups is 3. The fourth-order valence-corrected chi connectivity index (χ4v) is 3.09. The van der Waals surface area contributed by atoms with E-state index >= 15 is 0 Å². The van der Waals surface area contributed by atoms with Crippen LogP contribution >= 0.6 is 11.3 Å². The molecule has 2 heterocycles. The van der Waals surface area contributed by atoms with Gasteiger partial charge in [0.25, 0.3) is 5.91 Å². The lowest BCUT2D eigenvalue weighted by molar-refractivity contribution is -0.142. The van der Waals surface area contributed by atoms with Crippen molar-refractivity contribution in [3.8, 4) is 0 Å². The number of ketones is 1. The van der Waals surface area contributed by atoms with E-state index in [1.54, 1.807) is 6.20 Å². The predicted octanol–water partition coefficient (Wildman–Crippen LogP) is 1.69. The number of aromatic amines is 1. The quantitative estimate of drug-likeness (QED) is 0.408. The number of aromatic nitrogens is 2. The van der Waals surface area contributed by atoms with Crippen molar-refractivity contribution in [3.05, 3.63) is 52.1 Å². The SMILES string of the molecule is O=C(O)COCCNC(=O)c1csc(C(=O)c2c[nH]c3ccccc23)n1. The number of benzene rings is 1. The number of amides is 1. The monoisotopic (exact) mass is 373 g/mol. The molecule has 0 saturated carbocycles. The summed E-state index contributed by atoms with van der Waals surface area (Å²) in [5.74, 6) is -1.77. The van der Waals surface area contributed by atoms with Crippen molar-refractivity contribution in [2.45, 2.75) is 0 Å². The van der Waals surface area contributed by atoms with Crippen LogP contribution in [0, 0.1) is 0 Å². The van der Waals surface area contributed by atoms with Crippen LogP contribution in [0.2, 0.25) is 0 Å². The normalized spacial score (nSPS) is 10.8. The van der Waals surface area contributed by atoms with Crippen LogP contribution in [-0.4, -0.2) is 52.5 Å². The first kappa shape index (κ1) is 17.8. The number of ether oxygens (including phenoxy) is 1. The Hall–Kier alpha value is -3.04. The third kappa shape index (κ3) is 3.95. The van der Waals surface area contributed by atoms with Gasteiger partial charge in [-0.3, -0.25) is 9.59 Å². The fraction of sp³-hybridized carbons (Fsp3) is 0.176. The average molecular weight is 373 g/mol. The van der Waals surface area contributed by atoms with Gasteiger partial charge >= 0.3 is 5.97 Å². The molecule has 0 spiro atoms. The van der Waals surface area contributed by atoms with Gasteiger partial charge in [-0.2, -0.15) is 0 Å². The molecule has 0 saturated heterocycles. The van der Waals surface area contributed by atoms with Crippen LogP contribution in [0.15, 0.2) is 35.8 Å². The van der Waals surface area contributed by atoms with Crippen molar-refractivity contribution < 1.29 is 24.2 Å². The van der Waals surface area contributed by atoms with Gasteiger partial charge in [0.05, 0.1) is 12.2 Å². The molecule has 3 aromatic rings. The molecule has 8 nitrogen and oxygen atoms in total. The first-order valence-electron chi connectivity index (χ1n) is 7.70. The number of para-hydroxylation sites is 1. The molecule has 0 atom stereocenters. The van der Waals surface area contributed by atoms with E-state index in [4.69, 9.17) is 9.84 Å². The van der Waals surface area contributed by atoms with Crippen LogP contribution in [0.1, 0.15) is 25.9 Å². The van der Waals surface area contributed by atoms with Crippen molar-refractivity contribution in [2.24, 2.45) is 0 Å². The smallest absolute Gasteiger partial charge is 0.329 e. The van der Waals surface area contributed by atoms with Gasteiger partial charge in [-0.1, -0.05) is 18.2 Å². The standard InChI is InChI=1S/C17H15N3O5S/c21-14(22)8-25-6-5-18-16(24)13-9-26-17(20-13)15(23)11-7-19-12-4-2-1-3-10(11)12/h1-4,7,9,19H,5-6,8H2,(H,18,24)(H,21,22). The van der Waals surface area contributed by atoms with Crippen LogP contribution in [-0.2, 0) is 9.53 Å². The number of carboxylic acid groups (broad SMARTS) is 1. The van der Waals surface area contributed by atoms with Crippen molar-refractivity contribution in [2.75, 3.05) is 19.8 Å². The number of nitrogens with one attached hydrogen (secondary N) is 2. The highest BCUT2D eigenvalue weighted by atomic mass is 32.1. The molecule has 0 aliphatic rings. The summed E-state index contributed by atoms with van der Waals surface area (Å²) in [6.07, 6.45) is 1.63. The molecule has 3 rings (SSSR count). The van der Waals surface area contributed by atoms with Crippen molar-refractivity contribution >= 4 is 39.9 Å². The van der Waals surface area contributed by atoms with Gasteiger partial charge in [-0.25, -0.2) is 9.78 Å². The fourth-order valence-electron chi connectivity index (χ4n) is 2.34. The molecule has 9 heteroatoms. The lowest BCUT2D eigenvalue weighted by Crippen LogP contribution is -2.28. The Labute approximate surface area is 151 Å². The third-order valence-electron chi connectivity index (χ3n) is 3.52. The summed E-state index contributed by atoms with van der Waals surface area (Å²) >= 11 is 1.10. The number of carboxylic acids is 1. The maximum atomic E-state index is 12.6. The Balaban J connectivity index is 1.63. The number of fused-ring (bicyclic) bond motifs is 1. The lowest BCUT2D eigenvalue weighted by Gasteiger charge is -2.03. The van der Waals surface area contributed by atoms with Gasteiger partial charge in [-0.15, -0.1) is 11.3 Å². The number of hydrogen-bond donors (Lipinski definition) is 3. The molecule has 0 bridgehead atoms. The van der Waals surface area contributed by atoms with E-state index in [9.17, 15) is 14.4 Å². The highest BCUT2D eigenvalue weighted by Crippen LogP contribution is 2.22. The molecular formula is C17H15N3O5S. The van der Waals surface area contributed by atoms with Gasteiger partial charge in [0.2, 0.25) is 5.78 Å². The van der Waals surface area contributed by atoms with E-state index < -0.39 is 18.5 Å². The van der Waals surface area contributed by atoms with E-state index in [0.29, 0.717) is 5.56 Å². The average Bonchev–Trinajstić information content (AvgIpc) is 3.28. The number of aliphatic carboxylic acids is 1. The molecular weight excluding hydrogens is 358 g/mol. The second-order valence-electron chi connectivity index (χ2n) is 5.32. The number of thiazole rings is 1. The summed E-state index contributed by atoms with van der Waals surface area (Å²) in [5, 5.41) is 13.5. The van der Waals surface area contributed by atoms with Gasteiger partial charge in [-0.05, 0) is 6.07 Å². The molecule has 0 unspecified atom stereocenters. The van der Waals surface area contributed by atoms with E-state index in [2.05, 4.69) is 15.3 Å². The highest BCUT2D eigenvalue weighted by Gasteiger charge is 2.19. The van der Waals surface area contributed by atoms with Crippen LogP contribution < -0.4 is 5.32 Å². The lowest BCUT2D eigenvalue weighted by atomic mass is 10.1. The molecule has 1 amide bonds. The zero-order valence-corrected chi connectivity index (χ0v) is 14.3. The Kier molecular flexibility index (Phi) is 5.40. The third-order valence-corrected chi connectivity index (χ3v) is 4.36. The highest BCUT2D eigenvalue weighted by molar-refractivity contribution is 7.12. The predicted molar refractivity (Wildman–Crippen MR) is 94.6 cm³/mol. The molecule has 3 N–H and O–H groups in total. The Morgan fingerprint density at radius 3 is 2.88 bits per heavy atom. The van der Waals surface area contributed by atoms with E-state index in [0.717, 1.165) is 22.2 Å². The van der Waals surface area contributed by atoms with Crippen molar-refractivity contribution in [1.29, 1.82) is 0 Å². The second kappa shape index (κ2) is 7.89. The number of H-pyrrole nitrogens is 1. The number of nitrogens with zero attached hydrogens (tertiary/aromatic N) is 1. The molecule has 1 aromatic carbocycles. The van der Waals surface area contributed by atoms with Gasteiger partial charge in [0.15, 0.2) is 5.01 Å². The van der Waals surface area contributed by atoms with Crippen molar-refractivity contribution in [3.63, 3.8) is 0 Å². The second-order valence-corrected chi connectivity index (χ2v) is 6.18. The maximum absolute atomic E-state index is 12.6. The minimum Gasteiger partial charge on any atom is -0.480 e. The summed E-state index contributed by atoms with van der Waals surface area (Å²) in [4.78, 5) is 42.1. The molecule has 0 fully saturated rings. The first-order chi connectivity index (χ1) is 12.6. The molecule has 26 heavy (non-hydrogen) atoms. The van der Waals surface area contributed by atoms with Crippen LogP contribution in [0.3, 0.4) is 0 Å². The topological polar surface area (TPSA) is 121 Å². The van der Waals surface area contributed by atoms with Crippen LogP contribution in [0.25, 0.3) is 10.9 Å². The van der Waals surface area contributed by atoms with Gasteiger partial charge < -0.3 is 20.1 Å². The minimum absolute atomic E-state index is 0.0727. The molecule has 2 aromatic heterocycles. The largest absolute Gasteiger partial charge is 0.480 e. The molecule has 0 radical (unpaired) electrons. The zero-order chi connectivity index (χ0) is 18.5. The first-order valence-corrected chi connectivity index (χ1v) is 8.58. The summed E-state index contributed by atoms with van der Waals surface area (Å²) in [6.45, 7) is -0.200. The number of rotatable bonds is 8. The summed E-state index contributed by atoms with van der Waals surface area (Å²) < 4.78 is 4.82. The Morgan fingerprint density at radius 2 is 2.08 bits per heavy atom. The Morgan fingerprint density at radius 1 is 1.27 bits per heavy atom. The summed E-state index contributed by atoms with van der Waals surface area (Å²) in [7, 11) is 0. The minimum atomic E-state index is -1.07. The van der Waals surface area contributed by atoms with E-state index in [1.807, 2.05) is 24.3 Å². The van der Waals surface area contributed by atoms with E-state index in [1.165, 1.54) is 5.38 Å². The van der Waals surface area contributed by atoms with Gasteiger partial charge in [0, 0.05) is 29.0 Å². The number of carbonyl (C=O) groups excluding carboxylic acids is 2. The maximum Gasteiger partial charge on any atom is 0.329 e. The molecule has 134 valence electrons. The molecule has 0 aliphatic carbocycles.